The average molecular weight is 918 g/mol. The number of aliphatic hydroxyl groups is 6. The van der Waals surface area contributed by atoms with E-state index in [0.717, 1.165) is 5.56 Å². The number of hydrogen-bond donors (Lipinski definition) is 10. The van der Waals surface area contributed by atoms with Crippen molar-refractivity contribution in [3.63, 3.8) is 0 Å². The molecule has 0 spiro atoms. The summed E-state index contributed by atoms with van der Waals surface area (Å²) in [5.74, 6) is -4.82. The Bertz CT molecular complexity index is 2790. The van der Waals surface area contributed by atoms with Crippen molar-refractivity contribution in [1.29, 1.82) is 0 Å². The molecular formula is C48H45N4O15+. The van der Waals surface area contributed by atoms with Crippen LogP contribution in [0.2, 0.25) is 0 Å². The smallest absolute Gasteiger partial charge is 0.336 e. The Morgan fingerprint density at radius 2 is 1.73 bits per heavy atom. The lowest BCUT2D eigenvalue weighted by Crippen LogP contribution is -2.79. The molecule has 9 unspecified atom stereocenters. The van der Waals surface area contributed by atoms with Crippen molar-refractivity contribution in [1.82, 2.24) is 0 Å². The molecule has 67 heavy (non-hydrogen) atoms. The van der Waals surface area contributed by atoms with Crippen molar-refractivity contribution < 1.29 is 79.8 Å². The number of carboxylic acid groups (broad SMARTS) is 1. The second-order valence-corrected chi connectivity index (χ2v) is 16.5. The Hall–Kier alpha value is -7.39. The van der Waals surface area contributed by atoms with E-state index in [0.29, 0.717) is 11.1 Å². The van der Waals surface area contributed by atoms with Crippen LogP contribution in [0.25, 0.3) is 5.76 Å². The van der Waals surface area contributed by atoms with Gasteiger partial charge in [0, 0.05) is 18.2 Å². The lowest BCUT2D eigenvalue weighted by Gasteiger charge is -2.57. The molecule has 19 heteroatoms. The van der Waals surface area contributed by atoms with Crippen molar-refractivity contribution in [2.75, 3.05) is 13.2 Å². The third-order valence-corrected chi connectivity index (χ3v) is 12.1. The van der Waals surface area contributed by atoms with Crippen LogP contribution < -0.4 is 24.4 Å². The summed E-state index contributed by atoms with van der Waals surface area (Å²) in [6, 6.07) is 22.5. The van der Waals surface area contributed by atoms with Gasteiger partial charge in [0.15, 0.2) is 41.1 Å². The zero-order valence-corrected chi connectivity index (χ0v) is 35.2. The van der Waals surface area contributed by atoms with Crippen LogP contribution >= 0.6 is 0 Å². The zero-order chi connectivity index (χ0) is 47.2. The number of aliphatic imine (C=N–C) groups is 3. The van der Waals surface area contributed by atoms with Crippen LogP contribution in [0.4, 0.5) is 0 Å². The van der Waals surface area contributed by atoms with Gasteiger partial charge in [0.1, 0.15) is 59.3 Å². The molecule has 346 valence electrons. The molecule has 19 nitrogen and oxygen atoms in total. The van der Waals surface area contributed by atoms with E-state index in [1.165, 1.54) is 48.8 Å². The van der Waals surface area contributed by atoms with Gasteiger partial charge in [0.2, 0.25) is 12.0 Å². The first kappa shape index (κ1) is 44.8. The van der Waals surface area contributed by atoms with Gasteiger partial charge >= 0.3 is 11.8 Å². The molecule has 0 radical (unpaired) electrons. The highest BCUT2D eigenvalue weighted by Gasteiger charge is 2.71. The summed E-state index contributed by atoms with van der Waals surface area (Å²) in [6.07, 6.45) is -3.17. The second kappa shape index (κ2) is 17.8. The highest BCUT2D eigenvalue weighted by Crippen LogP contribution is 2.54. The zero-order valence-electron chi connectivity index (χ0n) is 35.2. The minimum absolute atomic E-state index is 0.0247. The Labute approximate surface area is 381 Å². The summed E-state index contributed by atoms with van der Waals surface area (Å²) >= 11 is 0. The largest absolute Gasteiger partial charge is 0.508 e. The molecule has 1 fully saturated rings. The Kier molecular flexibility index (Phi) is 11.9. The molecule has 2 bridgehead atoms. The van der Waals surface area contributed by atoms with Crippen LogP contribution in [0.5, 0.6) is 34.5 Å². The third kappa shape index (κ3) is 8.28. The molecule has 4 aliphatic heterocycles. The fourth-order valence-electron chi connectivity index (χ4n) is 8.93. The third-order valence-electron chi connectivity index (χ3n) is 12.1. The summed E-state index contributed by atoms with van der Waals surface area (Å²) < 4.78 is 30.5. The lowest BCUT2D eigenvalue weighted by molar-refractivity contribution is -0.338. The standard InChI is InChI=1S/C48H44N4O15/c49-37-14-13-30(52-37)40(56)36(21-53)64-29-11-9-26(10-12-29)33-17-32(55)38-34(65-33)18-35(42(41(38)57)63-22-25-7-4-8-28(54)16-25)66-46-47(61)19-27(15-24-5-2-1-3-6-24)39(31-20-50-23-51-31)48(62,45(47)60)43(67-46)44(58)59/h1-14,16-19,23,33,36,39-40,43,45-46,49,53-57,60-62H,15,20-22H2,(H,58,59)/p+1. The van der Waals surface area contributed by atoms with Crippen LogP contribution in [0.1, 0.15) is 28.4 Å². The molecule has 0 amide bonds. The van der Waals surface area contributed by atoms with Crippen LogP contribution in [0.15, 0.2) is 130 Å². The first-order chi connectivity index (χ1) is 32.2. The number of aliphatic hydroxyl groups excluding tert-OH is 4. The van der Waals surface area contributed by atoms with Gasteiger partial charge in [-0.25, -0.2) is 9.79 Å². The number of carboxylic acids is 1. The Morgan fingerprint density at radius 1 is 0.970 bits per heavy atom. The minimum Gasteiger partial charge on any atom is -0.508 e. The minimum atomic E-state index is -2.72. The number of carbonyl (C=O) groups is 1. The summed E-state index contributed by atoms with van der Waals surface area (Å²) in [6.45, 7) is -0.879. The maximum Gasteiger partial charge on any atom is 0.336 e. The molecule has 9 atom stereocenters. The van der Waals surface area contributed by atoms with Crippen LogP contribution in [0.3, 0.4) is 0 Å². The number of aliphatic carboxylic acids is 1. The number of nitrogens with zero attached hydrogens (tertiary/aromatic N) is 3. The molecule has 0 saturated carbocycles. The van der Waals surface area contributed by atoms with Crippen molar-refractivity contribution in [2.45, 2.75) is 61.0 Å². The molecule has 1 aliphatic carbocycles. The molecule has 0 aromatic heterocycles. The number of fused-ring (bicyclic) bond motifs is 3. The van der Waals surface area contributed by atoms with E-state index < -0.39 is 89.5 Å². The SMILES string of the molecule is [NH2+]=C1C=CC(C(O)C(CO)Oc2ccc(C3C=C(O)c4c(cc(OC5OC(C(=O)O)C6(O)C(C7=NC=NC7)C(Cc7ccccc7)=CC5(O)C6O)c(OCc5cccc(O)c5)c4O)O3)cc2)=N1. The van der Waals surface area contributed by atoms with Crippen molar-refractivity contribution in [3.8, 4) is 34.5 Å². The first-order valence-corrected chi connectivity index (χ1v) is 21.0. The van der Waals surface area contributed by atoms with E-state index in [-0.39, 0.29) is 65.2 Å². The van der Waals surface area contributed by atoms with E-state index in [9.17, 15) is 50.8 Å². The van der Waals surface area contributed by atoms with Crippen LogP contribution in [-0.2, 0) is 22.6 Å². The van der Waals surface area contributed by atoms with Gasteiger partial charge in [0.25, 0.3) is 0 Å². The number of ether oxygens (including phenoxy) is 5. The van der Waals surface area contributed by atoms with Gasteiger partial charge in [0.05, 0.1) is 24.8 Å². The molecular weight excluding hydrogens is 873 g/mol. The second-order valence-electron chi connectivity index (χ2n) is 16.5. The van der Waals surface area contributed by atoms with Gasteiger partial charge in [-0.1, -0.05) is 60.2 Å². The van der Waals surface area contributed by atoms with Gasteiger partial charge < -0.3 is 69.6 Å². The maximum atomic E-state index is 13.1. The molecule has 1 saturated heterocycles. The number of hydrogen-bond acceptors (Lipinski definition) is 16. The average Bonchev–Trinajstić information content (AvgIpc) is 4.00. The fraction of sp³-hybridized carbons (Fsp3) is 0.271. The predicted molar refractivity (Wildman–Crippen MR) is 237 cm³/mol. The van der Waals surface area contributed by atoms with Crippen LogP contribution in [0, 0.1) is 5.92 Å². The molecule has 4 aromatic rings. The first-order valence-electron chi connectivity index (χ1n) is 21.0. The molecule has 5 aliphatic rings. The summed E-state index contributed by atoms with van der Waals surface area (Å²) in [5.41, 5.74) is -3.28. The number of aromatic hydroxyl groups is 2. The quantitative estimate of drug-likeness (QED) is 0.0752. The number of nitrogens with two attached hydrogens (primary N) is 1. The van der Waals surface area contributed by atoms with E-state index in [1.54, 1.807) is 66.7 Å². The highest BCUT2D eigenvalue weighted by molar-refractivity contribution is 6.15. The maximum absolute atomic E-state index is 13.1. The lowest BCUT2D eigenvalue weighted by atomic mass is 9.60. The normalized spacial score (nSPS) is 26.9. The Balaban J connectivity index is 1.08. The molecule has 4 heterocycles. The number of rotatable bonds is 15. The summed E-state index contributed by atoms with van der Waals surface area (Å²) in [4.78, 5) is 25.6. The number of phenolic OH excluding ortho intramolecular Hbond substituents is 2. The van der Waals surface area contributed by atoms with Gasteiger partial charge in [-0.3, -0.25) is 10.4 Å². The number of benzene rings is 4. The summed E-state index contributed by atoms with van der Waals surface area (Å²) in [7, 11) is 0. The van der Waals surface area contributed by atoms with Gasteiger partial charge in [-0.15, -0.1) is 0 Å². The summed E-state index contributed by atoms with van der Waals surface area (Å²) in [5, 5.41) is 108. The van der Waals surface area contributed by atoms with Crippen molar-refractivity contribution in [3.05, 3.63) is 137 Å². The predicted octanol–water partition coefficient (Wildman–Crippen LogP) is 1.27. The highest BCUT2D eigenvalue weighted by atomic mass is 16.7. The fourth-order valence-corrected chi connectivity index (χ4v) is 8.93. The van der Waals surface area contributed by atoms with E-state index >= 15 is 0 Å². The van der Waals surface area contributed by atoms with Crippen LogP contribution in [-0.4, -0.2) is 131 Å². The molecule has 4 aromatic carbocycles. The van der Waals surface area contributed by atoms with Crippen molar-refractivity contribution in [2.24, 2.45) is 20.9 Å². The number of phenols is 2. The van der Waals surface area contributed by atoms with E-state index in [2.05, 4.69) is 15.0 Å². The van der Waals surface area contributed by atoms with Crippen molar-refractivity contribution >= 4 is 35.3 Å². The molecule has 9 rings (SSSR count). The monoisotopic (exact) mass is 917 g/mol. The van der Waals surface area contributed by atoms with E-state index in [1.807, 2.05) is 0 Å². The van der Waals surface area contributed by atoms with Gasteiger partial charge in [-0.05, 0) is 64.5 Å². The molecule has 11 N–H and O–H groups in total. The topological polar surface area (TPSA) is 308 Å². The van der Waals surface area contributed by atoms with Gasteiger partial charge in [-0.2, -0.15) is 0 Å². The number of amidine groups is 1. The Morgan fingerprint density at radius 3 is 2.40 bits per heavy atom. The van der Waals surface area contributed by atoms with E-state index in [4.69, 9.17) is 29.1 Å².